The molecule has 5 aliphatic rings. The van der Waals surface area contributed by atoms with Crippen molar-refractivity contribution in [1.29, 1.82) is 0 Å². The third-order valence-corrected chi connectivity index (χ3v) is 9.37. The molecule has 3 nitrogen and oxygen atoms in total. The first kappa shape index (κ1) is 20.9. The van der Waals surface area contributed by atoms with E-state index in [1.165, 1.54) is 44.1 Å². The van der Waals surface area contributed by atoms with Gasteiger partial charge < -0.3 is 10.0 Å². The van der Waals surface area contributed by atoms with E-state index in [1.807, 2.05) is 0 Å². The van der Waals surface area contributed by atoms with E-state index < -0.39 is 5.60 Å². The van der Waals surface area contributed by atoms with Gasteiger partial charge in [0.05, 0.1) is 0 Å². The van der Waals surface area contributed by atoms with Crippen LogP contribution in [-0.4, -0.2) is 48.1 Å². The van der Waals surface area contributed by atoms with Crippen molar-refractivity contribution in [2.24, 2.45) is 23.2 Å². The minimum Gasteiger partial charge on any atom is -0.380 e. The molecule has 32 heavy (non-hydrogen) atoms. The van der Waals surface area contributed by atoms with Crippen molar-refractivity contribution in [2.45, 2.75) is 50.7 Å². The fourth-order valence-electron chi connectivity index (χ4n) is 8.13. The lowest BCUT2D eigenvalue weighted by molar-refractivity contribution is -0.164. The van der Waals surface area contributed by atoms with Crippen molar-refractivity contribution >= 4 is 0 Å². The van der Waals surface area contributed by atoms with E-state index in [4.69, 9.17) is 0 Å². The molecule has 1 N–H and O–H groups in total. The van der Waals surface area contributed by atoms with E-state index in [9.17, 15) is 5.11 Å². The Morgan fingerprint density at radius 1 is 0.781 bits per heavy atom. The molecule has 1 atom stereocenters. The van der Waals surface area contributed by atoms with Crippen LogP contribution in [-0.2, 0) is 12.1 Å². The monoisotopic (exact) mass is 430 g/mol. The highest BCUT2D eigenvalue weighted by molar-refractivity contribution is 5.41. The van der Waals surface area contributed by atoms with Crippen LogP contribution in [0.1, 0.15) is 55.2 Å². The first-order valence-corrected chi connectivity index (χ1v) is 12.8. The maximum absolute atomic E-state index is 12.7. The van der Waals surface area contributed by atoms with Crippen LogP contribution in [0.5, 0.6) is 0 Å². The maximum atomic E-state index is 12.7. The van der Waals surface area contributed by atoms with Gasteiger partial charge in [-0.3, -0.25) is 4.90 Å². The Balaban J connectivity index is 1.33. The molecule has 0 spiro atoms. The summed E-state index contributed by atoms with van der Waals surface area (Å²) >= 11 is 0. The zero-order valence-electron chi connectivity index (χ0n) is 19.5. The Hall–Kier alpha value is -1.68. The van der Waals surface area contributed by atoms with Crippen LogP contribution in [0, 0.1) is 23.2 Å². The number of hydrogen-bond acceptors (Lipinski definition) is 3. The summed E-state index contributed by atoms with van der Waals surface area (Å²) in [7, 11) is 2.21. The maximum Gasteiger partial charge on any atom is 0.120 e. The van der Waals surface area contributed by atoms with E-state index >= 15 is 0 Å². The third-order valence-electron chi connectivity index (χ3n) is 9.37. The van der Waals surface area contributed by atoms with Crippen LogP contribution in [0.2, 0.25) is 0 Å². The average Bonchev–Trinajstić information content (AvgIpc) is 2.80. The standard InChI is InChI=1S/C29H38N2O/c1-30-11-13-31(14-12-30)21-22-7-9-27(10-8-22)29(32,26-5-3-2-4-6-26)28-18-23-15-24(19-28)17-25(16-23)20-28/h2-10,23-25,32H,11-21H2,1H3. The van der Waals surface area contributed by atoms with Gasteiger partial charge in [-0.25, -0.2) is 0 Å². The summed E-state index contributed by atoms with van der Waals surface area (Å²) in [6, 6.07) is 19.7. The molecule has 4 saturated carbocycles. The SMILES string of the molecule is CN1CCN(Cc2ccc(C(O)(c3ccccc3)C34CC5CC(CC(C5)C3)C4)cc2)CC1. The fourth-order valence-corrected chi connectivity index (χ4v) is 8.13. The molecule has 4 aliphatic carbocycles. The van der Waals surface area contributed by atoms with Crippen LogP contribution < -0.4 is 0 Å². The number of benzene rings is 2. The summed E-state index contributed by atoms with van der Waals surface area (Å²) in [4.78, 5) is 4.96. The quantitative estimate of drug-likeness (QED) is 0.732. The smallest absolute Gasteiger partial charge is 0.120 e. The molecular formula is C29H38N2O. The zero-order chi connectivity index (χ0) is 21.8. The van der Waals surface area contributed by atoms with Gasteiger partial charge in [0.15, 0.2) is 0 Å². The normalized spacial score (nSPS) is 34.5. The van der Waals surface area contributed by atoms with Gasteiger partial charge in [0, 0.05) is 38.1 Å². The lowest BCUT2D eigenvalue weighted by atomic mass is 9.44. The first-order valence-electron chi connectivity index (χ1n) is 12.8. The van der Waals surface area contributed by atoms with Gasteiger partial charge >= 0.3 is 0 Å². The Morgan fingerprint density at radius 2 is 1.31 bits per heavy atom. The summed E-state index contributed by atoms with van der Waals surface area (Å²) in [5.74, 6) is 2.44. The van der Waals surface area contributed by atoms with Crippen molar-refractivity contribution in [1.82, 2.24) is 9.80 Å². The minimum atomic E-state index is -0.892. The molecule has 1 aliphatic heterocycles. The second-order valence-electron chi connectivity index (χ2n) is 11.6. The van der Waals surface area contributed by atoms with Gasteiger partial charge in [0.1, 0.15) is 5.60 Å². The van der Waals surface area contributed by atoms with Crippen molar-refractivity contribution in [3.05, 3.63) is 71.3 Å². The zero-order valence-corrected chi connectivity index (χ0v) is 19.5. The number of rotatable bonds is 5. The molecule has 0 radical (unpaired) electrons. The largest absolute Gasteiger partial charge is 0.380 e. The van der Waals surface area contributed by atoms with Crippen molar-refractivity contribution in [3.8, 4) is 0 Å². The van der Waals surface area contributed by atoms with Crippen LogP contribution in [0.25, 0.3) is 0 Å². The second-order valence-corrected chi connectivity index (χ2v) is 11.6. The van der Waals surface area contributed by atoms with Gasteiger partial charge in [-0.15, -0.1) is 0 Å². The van der Waals surface area contributed by atoms with E-state index in [1.54, 1.807) is 0 Å². The van der Waals surface area contributed by atoms with Crippen molar-refractivity contribution in [3.63, 3.8) is 0 Å². The number of piperazine rings is 1. The summed E-state index contributed by atoms with van der Waals surface area (Å²) in [5, 5.41) is 12.7. The highest BCUT2D eigenvalue weighted by Crippen LogP contribution is 2.67. The van der Waals surface area contributed by atoms with Crippen LogP contribution in [0.3, 0.4) is 0 Å². The molecular weight excluding hydrogens is 392 g/mol. The molecule has 4 bridgehead atoms. The van der Waals surface area contributed by atoms with Crippen LogP contribution >= 0.6 is 0 Å². The molecule has 1 unspecified atom stereocenters. The molecule has 170 valence electrons. The molecule has 2 aromatic carbocycles. The molecule has 1 heterocycles. The Bertz CT molecular complexity index is 896. The molecule has 0 aromatic heterocycles. The van der Waals surface area contributed by atoms with Gasteiger partial charge in [0.25, 0.3) is 0 Å². The molecule has 1 saturated heterocycles. The summed E-state index contributed by atoms with van der Waals surface area (Å²) in [5.41, 5.74) is 2.65. The number of hydrogen-bond donors (Lipinski definition) is 1. The van der Waals surface area contributed by atoms with E-state index in [2.05, 4.69) is 71.4 Å². The summed E-state index contributed by atoms with van der Waals surface area (Å²) in [6.45, 7) is 5.59. The van der Waals surface area contributed by atoms with Crippen molar-refractivity contribution in [2.75, 3.05) is 33.2 Å². The molecule has 0 amide bonds. The van der Waals surface area contributed by atoms with Crippen molar-refractivity contribution < 1.29 is 5.11 Å². The number of nitrogens with zero attached hydrogens (tertiary/aromatic N) is 2. The number of likely N-dealkylation sites (N-methyl/N-ethyl adjacent to an activating group) is 1. The van der Waals surface area contributed by atoms with E-state index in [0.717, 1.165) is 61.6 Å². The van der Waals surface area contributed by atoms with Crippen LogP contribution in [0.4, 0.5) is 0 Å². The molecule has 7 rings (SSSR count). The number of aliphatic hydroxyl groups is 1. The highest BCUT2D eigenvalue weighted by atomic mass is 16.3. The Kier molecular flexibility index (Phi) is 5.20. The third kappa shape index (κ3) is 3.45. The molecule has 2 aromatic rings. The summed E-state index contributed by atoms with van der Waals surface area (Å²) in [6.07, 6.45) is 7.75. The minimum absolute atomic E-state index is 0.0118. The molecule has 5 fully saturated rings. The van der Waals surface area contributed by atoms with Gasteiger partial charge in [0.2, 0.25) is 0 Å². The van der Waals surface area contributed by atoms with Gasteiger partial charge in [-0.2, -0.15) is 0 Å². The van der Waals surface area contributed by atoms with E-state index in [-0.39, 0.29) is 5.41 Å². The predicted octanol–water partition coefficient (Wildman–Crippen LogP) is 4.89. The predicted molar refractivity (Wildman–Crippen MR) is 129 cm³/mol. The topological polar surface area (TPSA) is 26.7 Å². The first-order chi connectivity index (χ1) is 15.5. The van der Waals surface area contributed by atoms with Gasteiger partial charge in [-0.1, -0.05) is 54.6 Å². The Labute approximate surface area is 193 Å². The molecule has 3 heteroatoms. The fraction of sp³-hybridized carbons (Fsp3) is 0.586. The average molecular weight is 431 g/mol. The lowest BCUT2D eigenvalue weighted by Crippen LogP contribution is -2.57. The summed E-state index contributed by atoms with van der Waals surface area (Å²) < 4.78 is 0. The van der Waals surface area contributed by atoms with E-state index in [0.29, 0.717) is 0 Å². The second kappa shape index (κ2) is 7.97. The Morgan fingerprint density at radius 3 is 1.88 bits per heavy atom. The lowest BCUT2D eigenvalue weighted by Gasteiger charge is -2.62. The van der Waals surface area contributed by atoms with Crippen LogP contribution in [0.15, 0.2) is 54.6 Å². The van der Waals surface area contributed by atoms with Gasteiger partial charge in [-0.05, 0) is 80.0 Å². The highest BCUT2D eigenvalue weighted by Gasteiger charge is 2.61.